The molecule has 1 aliphatic rings. The van der Waals surface area contributed by atoms with Crippen LogP contribution in [0.25, 0.3) is 0 Å². The van der Waals surface area contributed by atoms with Gasteiger partial charge >= 0.3 is 0 Å². The Balaban J connectivity index is 2.26. The molecule has 0 aromatic carbocycles. The average Bonchev–Trinajstić information content (AvgIpc) is 2.66. The number of nitro groups is 1. The van der Waals surface area contributed by atoms with E-state index in [2.05, 4.69) is 10.1 Å². The number of anilines is 1. The van der Waals surface area contributed by atoms with E-state index in [0.29, 0.717) is 23.2 Å². The van der Waals surface area contributed by atoms with Crippen molar-refractivity contribution in [3.8, 4) is 0 Å². The summed E-state index contributed by atoms with van der Waals surface area (Å²) in [7, 11) is 0. The molecule has 84 valence electrons. The van der Waals surface area contributed by atoms with Gasteiger partial charge in [-0.2, -0.15) is 4.39 Å². The van der Waals surface area contributed by atoms with Crippen LogP contribution in [0.5, 0.6) is 0 Å². The summed E-state index contributed by atoms with van der Waals surface area (Å²) in [5, 5.41) is 13.1. The molecule has 0 aliphatic carbocycles. The number of hydrogen-bond donors (Lipinski definition) is 0. The van der Waals surface area contributed by atoms with Crippen molar-refractivity contribution >= 4 is 22.6 Å². The quantitative estimate of drug-likeness (QED) is 0.444. The third kappa shape index (κ3) is 2.27. The first-order valence-electron chi connectivity index (χ1n) is 4.42. The number of halogens is 1. The molecule has 0 spiro atoms. The maximum Gasteiger partial charge on any atom is 0.242 e. The molecule has 0 atom stereocenters. The lowest BCUT2D eigenvalue weighted by atomic mass is 10.4. The highest BCUT2D eigenvalue weighted by Crippen LogP contribution is 2.24. The Hall–Kier alpha value is -1.70. The number of aromatic nitrogens is 1. The lowest BCUT2D eigenvalue weighted by Crippen LogP contribution is -2.24. The van der Waals surface area contributed by atoms with E-state index < -0.39 is 11.0 Å². The first kappa shape index (κ1) is 10.8. The molecule has 1 aromatic heterocycles. The predicted octanol–water partition coefficient (Wildman–Crippen LogP) is 1.32. The summed E-state index contributed by atoms with van der Waals surface area (Å²) in [5.74, 6) is 0.132. The molecule has 0 radical (unpaired) electrons. The zero-order valence-corrected chi connectivity index (χ0v) is 8.85. The fourth-order valence-electron chi connectivity index (χ4n) is 1.32. The Morgan fingerprint density at radius 1 is 1.62 bits per heavy atom. The number of thioether (sulfide) groups is 1. The van der Waals surface area contributed by atoms with Crippen LogP contribution in [-0.4, -0.2) is 27.5 Å². The van der Waals surface area contributed by atoms with Gasteiger partial charge in [0.1, 0.15) is 0 Å². The van der Waals surface area contributed by atoms with Gasteiger partial charge in [-0.15, -0.1) is 0 Å². The van der Waals surface area contributed by atoms with E-state index in [0.717, 1.165) is 0 Å². The second-order valence-corrected chi connectivity index (χ2v) is 4.02. The van der Waals surface area contributed by atoms with Crippen molar-refractivity contribution in [1.29, 1.82) is 0 Å². The normalized spacial score (nSPS) is 18.1. The average molecular weight is 242 g/mol. The molecule has 2 rings (SSSR count). The van der Waals surface area contributed by atoms with Gasteiger partial charge in [0.05, 0.1) is 17.0 Å². The number of pyridine rings is 1. The van der Waals surface area contributed by atoms with E-state index in [4.69, 9.17) is 0 Å². The molecule has 6 nitrogen and oxygen atoms in total. The monoisotopic (exact) mass is 242 g/mol. The van der Waals surface area contributed by atoms with Crippen molar-refractivity contribution in [2.75, 3.05) is 17.2 Å². The molecule has 2 heterocycles. The van der Waals surface area contributed by atoms with Crippen LogP contribution in [-0.2, 0) is 0 Å². The van der Waals surface area contributed by atoms with Crippen LogP contribution < -0.4 is 4.90 Å². The van der Waals surface area contributed by atoms with Crippen LogP contribution in [0.1, 0.15) is 0 Å². The van der Waals surface area contributed by atoms with E-state index in [1.165, 1.54) is 30.1 Å². The predicted molar refractivity (Wildman–Crippen MR) is 58.4 cm³/mol. The van der Waals surface area contributed by atoms with Gasteiger partial charge in [0.2, 0.25) is 11.1 Å². The molecule has 16 heavy (non-hydrogen) atoms. The minimum absolute atomic E-state index is 0.304. The van der Waals surface area contributed by atoms with Crippen molar-refractivity contribution in [3.05, 3.63) is 34.4 Å². The summed E-state index contributed by atoms with van der Waals surface area (Å²) in [5.41, 5.74) is 0.604. The van der Waals surface area contributed by atoms with Gasteiger partial charge < -0.3 is 4.90 Å². The van der Waals surface area contributed by atoms with Crippen LogP contribution >= 0.6 is 11.8 Å². The molecule has 1 fully saturated rings. The van der Waals surface area contributed by atoms with Crippen LogP contribution in [0.15, 0.2) is 23.4 Å². The Labute approximate surface area is 94.3 Å². The molecule has 0 saturated carbocycles. The molecule has 0 amide bonds. The van der Waals surface area contributed by atoms with E-state index in [1.807, 2.05) is 0 Å². The standard InChI is InChI=1S/C8H7FN4O2S/c9-7-2-1-6(5-10-7)12-3-4-16-8(12)11-13(14)15/h1-2,5H,3-4H2/b11-8+. The molecule has 8 heteroatoms. The molecule has 0 bridgehead atoms. The summed E-state index contributed by atoms with van der Waals surface area (Å²) in [6.45, 7) is 0.602. The fraction of sp³-hybridized carbons (Fsp3) is 0.250. The number of rotatable bonds is 2. The summed E-state index contributed by atoms with van der Waals surface area (Å²) in [4.78, 5) is 15.4. The first-order valence-corrected chi connectivity index (χ1v) is 5.40. The molecule has 1 saturated heterocycles. The first-order chi connectivity index (χ1) is 7.66. The summed E-state index contributed by atoms with van der Waals surface area (Å²) >= 11 is 1.29. The lowest BCUT2D eigenvalue weighted by molar-refractivity contribution is -0.484. The summed E-state index contributed by atoms with van der Waals surface area (Å²) in [6, 6.07) is 2.73. The molecular weight excluding hydrogens is 235 g/mol. The zero-order chi connectivity index (χ0) is 11.5. The molecule has 1 aromatic rings. The second-order valence-electron chi connectivity index (χ2n) is 2.96. The Kier molecular flexibility index (Phi) is 3.00. The Morgan fingerprint density at radius 3 is 3.06 bits per heavy atom. The topological polar surface area (TPSA) is 71.6 Å². The Morgan fingerprint density at radius 2 is 2.44 bits per heavy atom. The van der Waals surface area contributed by atoms with Gasteiger partial charge in [-0.1, -0.05) is 11.8 Å². The maximum absolute atomic E-state index is 12.6. The molecular formula is C8H7FN4O2S. The van der Waals surface area contributed by atoms with Crippen molar-refractivity contribution in [2.45, 2.75) is 0 Å². The van der Waals surface area contributed by atoms with Gasteiger partial charge in [-0.05, 0) is 12.1 Å². The van der Waals surface area contributed by atoms with Crippen molar-refractivity contribution in [2.24, 2.45) is 5.10 Å². The lowest BCUT2D eigenvalue weighted by Gasteiger charge is -2.14. The van der Waals surface area contributed by atoms with E-state index in [9.17, 15) is 14.5 Å². The van der Waals surface area contributed by atoms with E-state index in [-0.39, 0.29) is 0 Å². The van der Waals surface area contributed by atoms with Crippen LogP contribution in [0.2, 0.25) is 0 Å². The van der Waals surface area contributed by atoms with Gasteiger partial charge in [-0.3, -0.25) is 0 Å². The SMILES string of the molecule is O=[N+]([O-])/N=C1/SCCN1c1ccc(F)nc1. The second kappa shape index (κ2) is 4.44. The van der Waals surface area contributed by atoms with Crippen molar-refractivity contribution < 1.29 is 9.42 Å². The molecule has 0 unspecified atom stereocenters. The van der Waals surface area contributed by atoms with Gasteiger partial charge in [-0.25, -0.2) is 15.1 Å². The molecule has 1 aliphatic heterocycles. The largest absolute Gasteiger partial charge is 0.314 e. The smallest absolute Gasteiger partial charge is 0.242 e. The van der Waals surface area contributed by atoms with Crippen LogP contribution in [0.3, 0.4) is 0 Å². The summed E-state index contributed by atoms with van der Waals surface area (Å²) in [6.07, 6.45) is 1.33. The van der Waals surface area contributed by atoms with Crippen LogP contribution in [0, 0.1) is 16.1 Å². The van der Waals surface area contributed by atoms with Gasteiger partial charge in [0.25, 0.3) is 0 Å². The highest BCUT2D eigenvalue weighted by molar-refractivity contribution is 8.14. The fourth-order valence-corrected chi connectivity index (χ4v) is 2.26. The van der Waals surface area contributed by atoms with Gasteiger partial charge in [0, 0.05) is 12.3 Å². The van der Waals surface area contributed by atoms with E-state index in [1.54, 1.807) is 4.90 Å². The molecule has 0 N–H and O–H groups in total. The van der Waals surface area contributed by atoms with E-state index >= 15 is 0 Å². The highest BCUT2D eigenvalue weighted by atomic mass is 32.2. The minimum Gasteiger partial charge on any atom is -0.314 e. The third-order valence-electron chi connectivity index (χ3n) is 1.97. The van der Waals surface area contributed by atoms with Crippen molar-refractivity contribution in [3.63, 3.8) is 0 Å². The minimum atomic E-state index is -0.738. The number of nitrogens with zero attached hydrogens (tertiary/aromatic N) is 4. The van der Waals surface area contributed by atoms with Crippen molar-refractivity contribution in [1.82, 2.24) is 4.98 Å². The maximum atomic E-state index is 12.6. The Bertz CT molecular complexity index is 436. The van der Waals surface area contributed by atoms with Gasteiger partial charge in [0.15, 0.2) is 5.03 Å². The summed E-state index contributed by atoms with van der Waals surface area (Å²) < 4.78 is 12.6. The zero-order valence-electron chi connectivity index (χ0n) is 8.04. The number of hydrazone groups is 1. The van der Waals surface area contributed by atoms with Crippen LogP contribution in [0.4, 0.5) is 10.1 Å². The highest BCUT2D eigenvalue weighted by Gasteiger charge is 2.24. The number of hydrogen-bond acceptors (Lipinski definition) is 4. The number of amidine groups is 1. The third-order valence-corrected chi connectivity index (χ3v) is 2.91.